The van der Waals surface area contributed by atoms with Crippen LogP contribution in [-0.4, -0.2) is 39.1 Å². The highest BCUT2D eigenvalue weighted by molar-refractivity contribution is 5.92. The molecule has 0 aliphatic carbocycles. The molecule has 118 valence electrons. The number of pyridine rings is 1. The largest absolute Gasteiger partial charge is 0.337 e. The molecule has 2 heterocycles. The van der Waals surface area contributed by atoms with Crippen molar-refractivity contribution in [2.24, 2.45) is 0 Å². The second-order valence-electron chi connectivity index (χ2n) is 5.30. The third-order valence-corrected chi connectivity index (χ3v) is 3.51. The van der Waals surface area contributed by atoms with Gasteiger partial charge in [-0.25, -0.2) is 8.78 Å². The van der Waals surface area contributed by atoms with Crippen LogP contribution in [0.25, 0.3) is 0 Å². The Kier molecular flexibility index (Phi) is 4.85. The van der Waals surface area contributed by atoms with Crippen LogP contribution in [0.1, 0.15) is 40.8 Å². The number of hydrogen-bond acceptors (Lipinski definition) is 3. The summed E-state index contributed by atoms with van der Waals surface area (Å²) in [6, 6.07) is 4.81. The number of carbonyl (C=O) groups is 1. The maximum atomic E-state index is 12.5. The lowest BCUT2D eigenvalue weighted by Crippen LogP contribution is -2.36. The van der Waals surface area contributed by atoms with Crippen molar-refractivity contribution in [2.75, 3.05) is 7.05 Å². The van der Waals surface area contributed by atoms with Gasteiger partial charge in [0.25, 0.3) is 12.3 Å². The molecule has 0 spiro atoms. The second-order valence-corrected chi connectivity index (χ2v) is 5.30. The zero-order chi connectivity index (χ0) is 16.3. The lowest BCUT2D eigenvalue weighted by atomic mass is 10.1. The molecular weight excluding hydrogens is 290 g/mol. The van der Waals surface area contributed by atoms with E-state index in [1.54, 1.807) is 13.2 Å². The molecule has 22 heavy (non-hydrogen) atoms. The van der Waals surface area contributed by atoms with E-state index in [9.17, 15) is 13.6 Å². The highest BCUT2D eigenvalue weighted by Crippen LogP contribution is 2.18. The number of likely N-dealkylation sites (N-methyl/N-ethyl adjacent to an activating group) is 1. The molecule has 0 radical (unpaired) electrons. The van der Waals surface area contributed by atoms with Gasteiger partial charge in [0, 0.05) is 31.4 Å². The average Bonchev–Trinajstić information content (AvgIpc) is 2.95. The molecule has 0 aliphatic heterocycles. The Morgan fingerprint density at radius 2 is 2.14 bits per heavy atom. The number of rotatable bonds is 5. The molecule has 0 saturated heterocycles. The number of nitrogens with one attached hydrogen (secondary N) is 1. The molecule has 5 nitrogen and oxygen atoms in total. The standard InChI is InChI=1S/C15H18F2N4O/c1-9-4-5-18-11(6-9)7-10(2)21(3)15(22)13-8-12(14(16)17)19-20-13/h4-6,8,10,14H,7H2,1-3H3,(H,19,20). The molecule has 2 aromatic heterocycles. The SMILES string of the molecule is Cc1ccnc(CC(C)N(C)C(=O)c2cc(C(F)F)[nH]n2)c1. The summed E-state index contributed by atoms with van der Waals surface area (Å²) in [6.45, 7) is 3.85. The fraction of sp³-hybridized carbons (Fsp3) is 0.400. The zero-order valence-electron chi connectivity index (χ0n) is 12.7. The van der Waals surface area contributed by atoms with E-state index in [1.165, 1.54) is 4.90 Å². The van der Waals surface area contributed by atoms with Crippen molar-refractivity contribution < 1.29 is 13.6 Å². The first kappa shape index (κ1) is 16.1. The van der Waals surface area contributed by atoms with Crippen molar-refractivity contribution >= 4 is 5.91 Å². The fourth-order valence-corrected chi connectivity index (χ4v) is 2.09. The molecule has 1 atom stereocenters. The van der Waals surface area contributed by atoms with Gasteiger partial charge < -0.3 is 4.90 Å². The third-order valence-electron chi connectivity index (χ3n) is 3.51. The number of hydrogen-bond donors (Lipinski definition) is 1. The minimum absolute atomic E-state index is 0.0122. The molecule has 2 rings (SSSR count). The van der Waals surface area contributed by atoms with E-state index in [4.69, 9.17) is 0 Å². The van der Waals surface area contributed by atoms with Crippen LogP contribution in [-0.2, 0) is 6.42 Å². The van der Waals surface area contributed by atoms with Crippen LogP contribution >= 0.6 is 0 Å². The number of carbonyl (C=O) groups excluding carboxylic acids is 1. The summed E-state index contributed by atoms with van der Waals surface area (Å²) < 4.78 is 25.0. The van der Waals surface area contributed by atoms with Crippen LogP contribution < -0.4 is 0 Å². The molecule has 1 unspecified atom stereocenters. The molecule has 1 amide bonds. The monoisotopic (exact) mass is 308 g/mol. The summed E-state index contributed by atoms with van der Waals surface area (Å²) in [5.41, 5.74) is 1.61. The smallest absolute Gasteiger partial charge is 0.279 e. The van der Waals surface area contributed by atoms with Crippen molar-refractivity contribution in [3.05, 3.63) is 47.0 Å². The Labute approximate surface area is 127 Å². The molecule has 1 N–H and O–H groups in total. The van der Waals surface area contributed by atoms with E-state index >= 15 is 0 Å². The van der Waals surface area contributed by atoms with Gasteiger partial charge >= 0.3 is 0 Å². The van der Waals surface area contributed by atoms with E-state index in [1.807, 2.05) is 26.0 Å². The molecular formula is C15H18F2N4O. The maximum absolute atomic E-state index is 12.5. The Bertz CT molecular complexity index is 656. The molecule has 0 aliphatic rings. The van der Waals surface area contributed by atoms with Gasteiger partial charge in [0.05, 0.1) is 0 Å². The van der Waals surface area contributed by atoms with Crippen molar-refractivity contribution in [2.45, 2.75) is 32.7 Å². The Balaban J connectivity index is 2.05. The summed E-state index contributed by atoms with van der Waals surface area (Å²) in [7, 11) is 1.62. The number of aryl methyl sites for hydroxylation is 1. The summed E-state index contributed by atoms with van der Waals surface area (Å²) in [5, 5.41) is 5.83. The Hall–Kier alpha value is -2.31. The second kappa shape index (κ2) is 6.64. The van der Waals surface area contributed by atoms with Gasteiger partial charge in [0.2, 0.25) is 0 Å². The first-order chi connectivity index (χ1) is 10.4. The van der Waals surface area contributed by atoms with Crippen LogP contribution in [0, 0.1) is 6.92 Å². The van der Waals surface area contributed by atoms with Gasteiger partial charge in [0.15, 0.2) is 5.69 Å². The highest BCUT2D eigenvalue weighted by Gasteiger charge is 2.22. The van der Waals surface area contributed by atoms with Crippen molar-refractivity contribution in [1.82, 2.24) is 20.1 Å². The number of aromatic nitrogens is 3. The van der Waals surface area contributed by atoms with E-state index in [2.05, 4.69) is 15.2 Å². The van der Waals surface area contributed by atoms with Crippen LogP contribution in [0.15, 0.2) is 24.4 Å². The lowest BCUT2D eigenvalue weighted by molar-refractivity contribution is 0.0737. The third kappa shape index (κ3) is 3.66. The molecule has 0 aromatic carbocycles. The van der Waals surface area contributed by atoms with E-state index in [-0.39, 0.29) is 17.4 Å². The predicted octanol–water partition coefficient (Wildman–Crippen LogP) is 2.75. The summed E-state index contributed by atoms with van der Waals surface area (Å²) in [5.74, 6) is -0.400. The molecule has 0 saturated carbocycles. The average molecular weight is 308 g/mol. The van der Waals surface area contributed by atoms with Gasteiger partial charge in [-0.1, -0.05) is 0 Å². The quantitative estimate of drug-likeness (QED) is 0.924. The Morgan fingerprint density at radius 1 is 1.41 bits per heavy atom. The van der Waals surface area contributed by atoms with E-state index < -0.39 is 12.3 Å². The topological polar surface area (TPSA) is 61.9 Å². The van der Waals surface area contributed by atoms with E-state index in [0.29, 0.717) is 6.42 Å². The first-order valence-electron chi connectivity index (χ1n) is 6.90. The van der Waals surface area contributed by atoms with Crippen molar-refractivity contribution in [3.8, 4) is 0 Å². The number of H-pyrrole nitrogens is 1. The first-order valence-corrected chi connectivity index (χ1v) is 6.90. The number of alkyl halides is 2. The molecule has 2 aromatic rings. The van der Waals surface area contributed by atoms with Crippen molar-refractivity contribution in [3.63, 3.8) is 0 Å². The minimum atomic E-state index is -2.67. The minimum Gasteiger partial charge on any atom is -0.337 e. The van der Waals surface area contributed by atoms with Crippen molar-refractivity contribution in [1.29, 1.82) is 0 Å². The molecule has 0 fully saturated rings. The van der Waals surface area contributed by atoms with Gasteiger partial charge in [-0.2, -0.15) is 5.10 Å². The predicted molar refractivity (Wildman–Crippen MR) is 77.8 cm³/mol. The maximum Gasteiger partial charge on any atom is 0.279 e. The van der Waals surface area contributed by atoms with Crippen LogP contribution in [0.5, 0.6) is 0 Å². The van der Waals surface area contributed by atoms with Crippen LogP contribution in [0.4, 0.5) is 8.78 Å². The normalized spacial score (nSPS) is 12.5. The van der Waals surface area contributed by atoms with E-state index in [0.717, 1.165) is 17.3 Å². The molecule has 0 bridgehead atoms. The number of nitrogens with zero attached hydrogens (tertiary/aromatic N) is 3. The number of amides is 1. The number of halogens is 2. The molecule has 7 heteroatoms. The zero-order valence-corrected chi connectivity index (χ0v) is 12.7. The lowest BCUT2D eigenvalue weighted by Gasteiger charge is -2.24. The van der Waals surface area contributed by atoms with Gasteiger partial charge in [-0.15, -0.1) is 0 Å². The van der Waals surface area contributed by atoms with Crippen LogP contribution in [0.2, 0.25) is 0 Å². The van der Waals surface area contributed by atoms with Gasteiger partial charge in [-0.3, -0.25) is 14.9 Å². The van der Waals surface area contributed by atoms with Gasteiger partial charge in [0.1, 0.15) is 5.69 Å². The highest BCUT2D eigenvalue weighted by atomic mass is 19.3. The summed E-state index contributed by atoms with van der Waals surface area (Å²) in [4.78, 5) is 18.0. The van der Waals surface area contributed by atoms with Gasteiger partial charge in [-0.05, 0) is 37.6 Å². The number of aromatic amines is 1. The summed E-state index contributed by atoms with van der Waals surface area (Å²) in [6.07, 6.45) is -0.369. The Morgan fingerprint density at radius 3 is 2.73 bits per heavy atom. The fourth-order valence-electron chi connectivity index (χ4n) is 2.09. The summed E-state index contributed by atoms with van der Waals surface area (Å²) >= 11 is 0. The van der Waals surface area contributed by atoms with Crippen LogP contribution in [0.3, 0.4) is 0 Å².